The zero-order valence-corrected chi connectivity index (χ0v) is 12.6. The normalized spacial score (nSPS) is 12.6. The molecular formula is C13H14F3N7. The zero-order valence-electron chi connectivity index (χ0n) is 12.6. The molecule has 0 unspecified atom stereocenters. The van der Waals surface area contributed by atoms with Crippen LogP contribution in [0.2, 0.25) is 0 Å². The lowest BCUT2D eigenvalue weighted by Crippen LogP contribution is -2.12. The van der Waals surface area contributed by atoms with Crippen LogP contribution in [0, 0.1) is 18.3 Å². The summed E-state index contributed by atoms with van der Waals surface area (Å²) in [5.41, 5.74) is 0.207. The van der Waals surface area contributed by atoms with Crippen LogP contribution in [-0.4, -0.2) is 26.8 Å². The maximum absolute atomic E-state index is 12.8. The van der Waals surface area contributed by atoms with Gasteiger partial charge in [0.2, 0.25) is 5.95 Å². The summed E-state index contributed by atoms with van der Waals surface area (Å²) in [5.74, 6) is -0.333. The van der Waals surface area contributed by atoms with Crippen molar-refractivity contribution in [1.29, 1.82) is 5.26 Å². The Bertz CT molecular complexity index is 745. The van der Waals surface area contributed by atoms with Crippen molar-refractivity contribution in [2.45, 2.75) is 26.1 Å². The van der Waals surface area contributed by atoms with E-state index in [0.717, 1.165) is 0 Å². The van der Waals surface area contributed by atoms with Crippen LogP contribution in [0.25, 0.3) is 0 Å². The second-order valence-corrected chi connectivity index (χ2v) is 4.72. The Kier molecular flexibility index (Phi) is 4.40. The van der Waals surface area contributed by atoms with Gasteiger partial charge in [0, 0.05) is 13.2 Å². The molecule has 2 aromatic heterocycles. The van der Waals surface area contributed by atoms with E-state index < -0.39 is 17.8 Å². The van der Waals surface area contributed by atoms with E-state index in [9.17, 15) is 13.2 Å². The summed E-state index contributed by atoms with van der Waals surface area (Å²) in [6, 6.07) is 1.58. The maximum atomic E-state index is 12.8. The molecule has 0 radical (unpaired) electrons. The molecule has 23 heavy (non-hydrogen) atoms. The summed E-state index contributed by atoms with van der Waals surface area (Å²) in [6.45, 7) is 3.41. The van der Waals surface area contributed by atoms with Gasteiger partial charge in [-0.3, -0.25) is 4.68 Å². The van der Waals surface area contributed by atoms with Gasteiger partial charge in [-0.05, 0) is 13.8 Å². The first kappa shape index (κ1) is 16.5. The number of anilines is 3. The van der Waals surface area contributed by atoms with Crippen molar-refractivity contribution < 1.29 is 13.2 Å². The lowest BCUT2D eigenvalue weighted by Gasteiger charge is -2.13. The van der Waals surface area contributed by atoms with Gasteiger partial charge in [-0.1, -0.05) is 0 Å². The van der Waals surface area contributed by atoms with Crippen molar-refractivity contribution in [1.82, 2.24) is 19.7 Å². The first-order chi connectivity index (χ1) is 10.8. The molecule has 0 amide bonds. The van der Waals surface area contributed by atoms with E-state index >= 15 is 0 Å². The SMILES string of the molecule is CNc1nc(Nc2cnn([C@H](C)C#N)c2C)ncc1C(F)(F)F. The van der Waals surface area contributed by atoms with Crippen molar-refractivity contribution in [3.63, 3.8) is 0 Å². The fourth-order valence-corrected chi connectivity index (χ4v) is 1.95. The van der Waals surface area contributed by atoms with Crippen LogP contribution in [0.3, 0.4) is 0 Å². The third kappa shape index (κ3) is 3.33. The summed E-state index contributed by atoms with van der Waals surface area (Å²) in [7, 11) is 1.35. The van der Waals surface area contributed by atoms with Gasteiger partial charge < -0.3 is 10.6 Å². The summed E-state index contributed by atoms with van der Waals surface area (Å²) in [6.07, 6.45) is -2.37. The summed E-state index contributed by atoms with van der Waals surface area (Å²) in [5, 5.41) is 18.2. The molecule has 0 aliphatic carbocycles. The summed E-state index contributed by atoms with van der Waals surface area (Å²) < 4.78 is 39.9. The van der Waals surface area contributed by atoms with Gasteiger partial charge in [0.25, 0.3) is 0 Å². The molecule has 0 saturated heterocycles. The van der Waals surface area contributed by atoms with E-state index in [2.05, 4.69) is 25.7 Å². The molecule has 122 valence electrons. The minimum Gasteiger partial charge on any atom is -0.372 e. The van der Waals surface area contributed by atoms with Crippen LogP contribution in [0.15, 0.2) is 12.4 Å². The minimum absolute atomic E-state index is 0.00499. The van der Waals surface area contributed by atoms with Crippen LogP contribution >= 0.6 is 0 Å². The van der Waals surface area contributed by atoms with Crippen LogP contribution in [0.5, 0.6) is 0 Å². The number of nitrogens with one attached hydrogen (secondary N) is 2. The molecule has 1 atom stereocenters. The molecular weight excluding hydrogens is 311 g/mol. The van der Waals surface area contributed by atoms with Gasteiger partial charge in [0.05, 0.1) is 23.6 Å². The molecule has 0 bridgehead atoms. The fourth-order valence-electron chi connectivity index (χ4n) is 1.95. The molecule has 2 aromatic rings. The lowest BCUT2D eigenvalue weighted by molar-refractivity contribution is -0.137. The van der Waals surface area contributed by atoms with E-state index in [4.69, 9.17) is 5.26 Å². The van der Waals surface area contributed by atoms with Crippen molar-refractivity contribution in [3.8, 4) is 6.07 Å². The number of nitriles is 1. The van der Waals surface area contributed by atoms with Gasteiger partial charge in [-0.15, -0.1) is 0 Å². The molecule has 0 aliphatic heterocycles. The predicted molar refractivity (Wildman–Crippen MR) is 77.2 cm³/mol. The van der Waals surface area contributed by atoms with Gasteiger partial charge in [0.15, 0.2) is 0 Å². The fraction of sp³-hybridized carbons (Fsp3) is 0.385. The van der Waals surface area contributed by atoms with Crippen molar-refractivity contribution in [2.75, 3.05) is 17.7 Å². The van der Waals surface area contributed by atoms with E-state index in [-0.39, 0.29) is 11.8 Å². The van der Waals surface area contributed by atoms with E-state index in [1.807, 2.05) is 6.07 Å². The Morgan fingerprint density at radius 1 is 1.35 bits per heavy atom. The highest BCUT2D eigenvalue weighted by Crippen LogP contribution is 2.34. The van der Waals surface area contributed by atoms with Crippen LogP contribution < -0.4 is 10.6 Å². The Morgan fingerprint density at radius 2 is 2.04 bits per heavy atom. The molecule has 0 aromatic carbocycles. The van der Waals surface area contributed by atoms with Gasteiger partial charge >= 0.3 is 6.18 Å². The first-order valence-corrected chi connectivity index (χ1v) is 6.60. The smallest absolute Gasteiger partial charge is 0.372 e. The molecule has 0 fully saturated rings. The monoisotopic (exact) mass is 325 g/mol. The Morgan fingerprint density at radius 3 is 2.61 bits per heavy atom. The minimum atomic E-state index is -4.54. The number of hydrogen-bond acceptors (Lipinski definition) is 6. The predicted octanol–water partition coefficient (Wildman–Crippen LogP) is 2.87. The van der Waals surface area contributed by atoms with E-state index in [1.165, 1.54) is 17.9 Å². The second kappa shape index (κ2) is 6.12. The highest BCUT2D eigenvalue weighted by Gasteiger charge is 2.35. The van der Waals surface area contributed by atoms with E-state index in [1.54, 1.807) is 13.8 Å². The van der Waals surface area contributed by atoms with Crippen molar-refractivity contribution in [2.24, 2.45) is 0 Å². The number of halogens is 3. The van der Waals surface area contributed by atoms with Gasteiger partial charge in [-0.2, -0.15) is 28.5 Å². The average Bonchev–Trinajstić information content (AvgIpc) is 2.86. The van der Waals surface area contributed by atoms with Crippen LogP contribution in [0.4, 0.5) is 30.6 Å². The van der Waals surface area contributed by atoms with Crippen LogP contribution in [-0.2, 0) is 6.18 Å². The standard InChI is InChI=1S/C13H14F3N7/c1-7(4-17)23-8(2)10(6-20-23)21-12-19-5-9(13(14,15)16)11(18-3)22-12/h5-7H,1-3H3,(H2,18,19,21,22)/t7-/m1/s1. The number of aromatic nitrogens is 4. The Labute approximate surface area is 130 Å². The highest BCUT2D eigenvalue weighted by molar-refractivity contribution is 5.58. The Balaban J connectivity index is 2.32. The van der Waals surface area contributed by atoms with Crippen molar-refractivity contribution in [3.05, 3.63) is 23.7 Å². The molecule has 2 heterocycles. The molecule has 0 aliphatic rings. The number of hydrogen-bond donors (Lipinski definition) is 2. The molecule has 0 saturated carbocycles. The highest BCUT2D eigenvalue weighted by atomic mass is 19.4. The lowest BCUT2D eigenvalue weighted by atomic mass is 10.3. The third-order valence-electron chi connectivity index (χ3n) is 3.18. The molecule has 7 nitrogen and oxygen atoms in total. The molecule has 2 rings (SSSR count). The average molecular weight is 325 g/mol. The van der Waals surface area contributed by atoms with Gasteiger partial charge in [0.1, 0.15) is 17.4 Å². The first-order valence-electron chi connectivity index (χ1n) is 6.60. The summed E-state index contributed by atoms with van der Waals surface area (Å²) in [4.78, 5) is 7.49. The number of rotatable bonds is 4. The third-order valence-corrected chi connectivity index (χ3v) is 3.18. The van der Waals surface area contributed by atoms with Crippen molar-refractivity contribution >= 4 is 17.5 Å². The molecule has 0 spiro atoms. The zero-order chi connectivity index (χ0) is 17.2. The number of alkyl halides is 3. The molecule has 10 heteroatoms. The van der Waals surface area contributed by atoms with Gasteiger partial charge in [-0.25, -0.2) is 4.98 Å². The largest absolute Gasteiger partial charge is 0.421 e. The summed E-state index contributed by atoms with van der Waals surface area (Å²) >= 11 is 0. The van der Waals surface area contributed by atoms with Crippen LogP contribution in [0.1, 0.15) is 24.2 Å². The topological polar surface area (TPSA) is 91.5 Å². The second-order valence-electron chi connectivity index (χ2n) is 4.72. The molecule has 2 N–H and O–H groups in total. The Hall–Kier alpha value is -2.83. The maximum Gasteiger partial charge on any atom is 0.421 e. The number of nitrogens with zero attached hydrogens (tertiary/aromatic N) is 5. The van der Waals surface area contributed by atoms with E-state index in [0.29, 0.717) is 17.6 Å². The quantitative estimate of drug-likeness (QED) is 0.898.